The second-order valence-electron chi connectivity index (χ2n) is 4.16. The predicted octanol–water partition coefficient (Wildman–Crippen LogP) is 1.16. The fourth-order valence-corrected chi connectivity index (χ4v) is 1.77. The molecular weight excluding hydrogens is 208 g/mol. The Kier molecular flexibility index (Phi) is 5.49. The molecule has 0 radical (unpaired) electrons. The number of rotatable bonds is 2. The molecule has 1 heterocycles. The van der Waals surface area contributed by atoms with Gasteiger partial charge in [-0.3, -0.25) is 4.79 Å². The molecule has 0 spiro atoms. The first-order valence-electron chi connectivity index (χ1n) is 5.85. The minimum atomic E-state index is -0.865. The molecule has 0 aliphatic carbocycles. The maximum Gasteiger partial charge on any atom is 0.306 e. The molecule has 16 heavy (non-hydrogen) atoms. The van der Waals surface area contributed by atoms with Gasteiger partial charge in [0.1, 0.15) is 6.10 Å². The summed E-state index contributed by atoms with van der Waals surface area (Å²) in [6.45, 7) is 2.00. The highest BCUT2D eigenvalue weighted by Gasteiger charge is 2.22. The first kappa shape index (κ1) is 13.2. The van der Waals surface area contributed by atoms with Crippen LogP contribution >= 0.6 is 0 Å². The summed E-state index contributed by atoms with van der Waals surface area (Å²) >= 11 is 0. The van der Waals surface area contributed by atoms with E-state index in [9.17, 15) is 15.0 Å². The highest BCUT2D eigenvalue weighted by molar-refractivity contribution is 5.69. The minimum Gasteiger partial charge on any atom is -0.462 e. The summed E-state index contributed by atoms with van der Waals surface area (Å²) in [4.78, 5) is 11.4. The highest BCUT2D eigenvalue weighted by atomic mass is 16.5. The molecule has 0 aromatic carbocycles. The number of ether oxygens (including phenoxy) is 1. The van der Waals surface area contributed by atoms with Crippen molar-refractivity contribution < 1.29 is 19.7 Å². The molecule has 0 unspecified atom stereocenters. The first-order chi connectivity index (χ1) is 7.63. The van der Waals surface area contributed by atoms with Crippen LogP contribution in [0.1, 0.15) is 39.0 Å². The molecule has 92 valence electrons. The molecule has 0 saturated carbocycles. The van der Waals surface area contributed by atoms with E-state index in [0.717, 1.165) is 12.8 Å². The van der Waals surface area contributed by atoms with Crippen molar-refractivity contribution in [2.45, 2.75) is 57.3 Å². The van der Waals surface area contributed by atoms with Gasteiger partial charge in [0, 0.05) is 12.8 Å². The Balaban J connectivity index is 2.65. The van der Waals surface area contributed by atoms with Gasteiger partial charge in [-0.1, -0.05) is 25.5 Å². The molecule has 1 aliphatic heterocycles. The molecule has 1 rings (SSSR count). The Labute approximate surface area is 95.9 Å². The van der Waals surface area contributed by atoms with Gasteiger partial charge in [-0.2, -0.15) is 0 Å². The Morgan fingerprint density at radius 3 is 2.94 bits per heavy atom. The van der Waals surface area contributed by atoms with Crippen LogP contribution in [-0.2, 0) is 9.53 Å². The van der Waals surface area contributed by atoms with Crippen molar-refractivity contribution in [2.24, 2.45) is 0 Å². The number of allylic oxidation sites excluding steroid dienone is 1. The molecule has 1 aliphatic rings. The number of hydrogen-bond donors (Lipinski definition) is 2. The van der Waals surface area contributed by atoms with E-state index in [2.05, 4.69) is 0 Å². The average molecular weight is 228 g/mol. The summed E-state index contributed by atoms with van der Waals surface area (Å²) in [5.74, 6) is -0.230. The summed E-state index contributed by atoms with van der Waals surface area (Å²) in [5.41, 5.74) is 0. The summed E-state index contributed by atoms with van der Waals surface area (Å²) < 4.78 is 5.24. The Morgan fingerprint density at radius 2 is 2.25 bits per heavy atom. The van der Waals surface area contributed by atoms with E-state index in [1.807, 2.05) is 6.92 Å². The summed E-state index contributed by atoms with van der Waals surface area (Å²) in [6.07, 6.45) is 4.02. The molecule has 4 nitrogen and oxygen atoms in total. The molecule has 4 heteroatoms. The standard InChI is InChI=1S/C12H20O4/c1-2-5-9-8-11(14)10(13)6-3-4-7-12(15)16-9/h3,6,9-11,13-14H,2,4-5,7-8H2,1H3/b6-3-/t9-,10-,11-/m1/s1. The van der Waals surface area contributed by atoms with E-state index in [-0.39, 0.29) is 12.1 Å². The van der Waals surface area contributed by atoms with Gasteiger partial charge in [0.05, 0.1) is 12.2 Å². The fourth-order valence-electron chi connectivity index (χ4n) is 1.77. The number of cyclic esters (lactones) is 1. The van der Waals surface area contributed by atoms with Crippen LogP contribution < -0.4 is 0 Å². The maximum absolute atomic E-state index is 11.4. The maximum atomic E-state index is 11.4. The topological polar surface area (TPSA) is 66.8 Å². The van der Waals surface area contributed by atoms with Gasteiger partial charge in [0.25, 0.3) is 0 Å². The van der Waals surface area contributed by atoms with Gasteiger partial charge in [-0.25, -0.2) is 0 Å². The molecule has 0 bridgehead atoms. The van der Waals surface area contributed by atoms with Crippen molar-refractivity contribution in [3.63, 3.8) is 0 Å². The van der Waals surface area contributed by atoms with Gasteiger partial charge in [-0.05, 0) is 12.8 Å². The van der Waals surface area contributed by atoms with E-state index in [4.69, 9.17) is 4.74 Å². The van der Waals surface area contributed by atoms with Crippen LogP contribution in [0.25, 0.3) is 0 Å². The van der Waals surface area contributed by atoms with Gasteiger partial charge in [-0.15, -0.1) is 0 Å². The number of aliphatic hydroxyl groups excluding tert-OH is 2. The lowest BCUT2D eigenvalue weighted by molar-refractivity contribution is -0.151. The number of hydrogen-bond acceptors (Lipinski definition) is 4. The smallest absolute Gasteiger partial charge is 0.306 e. The second kappa shape index (κ2) is 6.66. The van der Waals surface area contributed by atoms with E-state index in [1.54, 1.807) is 12.2 Å². The zero-order valence-corrected chi connectivity index (χ0v) is 9.63. The number of carbonyl (C=O) groups is 1. The van der Waals surface area contributed by atoms with Crippen LogP contribution in [0.2, 0.25) is 0 Å². The van der Waals surface area contributed by atoms with Crippen LogP contribution in [0.4, 0.5) is 0 Å². The molecule has 0 aromatic heterocycles. The van der Waals surface area contributed by atoms with Gasteiger partial charge in [0.15, 0.2) is 0 Å². The van der Waals surface area contributed by atoms with Crippen molar-refractivity contribution in [3.8, 4) is 0 Å². The lowest BCUT2D eigenvalue weighted by Gasteiger charge is -2.23. The fraction of sp³-hybridized carbons (Fsp3) is 0.750. The Morgan fingerprint density at radius 1 is 1.50 bits per heavy atom. The van der Waals surface area contributed by atoms with E-state index in [0.29, 0.717) is 19.3 Å². The minimum absolute atomic E-state index is 0.230. The van der Waals surface area contributed by atoms with Crippen LogP contribution in [0.15, 0.2) is 12.2 Å². The number of aliphatic hydroxyl groups is 2. The van der Waals surface area contributed by atoms with Crippen LogP contribution in [-0.4, -0.2) is 34.5 Å². The van der Waals surface area contributed by atoms with Crippen LogP contribution in [0, 0.1) is 0 Å². The molecule has 3 atom stereocenters. The SMILES string of the molecule is CCC[C@@H]1C[C@@H](O)[C@H](O)/C=C\CCC(=O)O1. The van der Waals surface area contributed by atoms with Crippen molar-refractivity contribution in [1.29, 1.82) is 0 Å². The third kappa shape index (κ3) is 4.33. The predicted molar refractivity (Wildman–Crippen MR) is 59.8 cm³/mol. The molecule has 0 aromatic rings. The van der Waals surface area contributed by atoms with Crippen molar-refractivity contribution >= 4 is 5.97 Å². The largest absolute Gasteiger partial charge is 0.462 e. The lowest BCUT2D eigenvalue weighted by atomic mass is 10.0. The van der Waals surface area contributed by atoms with E-state index >= 15 is 0 Å². The van der Waals surface area contributed by atoms with Crippen molar-refractivity contribution in [2.75, 3.05) is 0 Å². The van der Waals surface area contributed by atoms with E-state index in [1.165, 1.54) is 0 Å². The summed E-state index contributed by atoms with van der Waals surface area (Å²) in [6, 6.07) is 0. The number of carbonyl (C=O) groups excluding carboxylic acids is 1. The van der Waals surface area contributed by atoms with Crippen LogP contribution in [0.5, 0.6) is 0 Å². The quantitative estimate of drug-likeness (QED) is 0.550. The first-order valence-corrected chi connectivity index (χ1v) is 5.85. The molecule has 2 N–H and O–H groups in total. The summed E-state index contributed by atoms with van der Waals surface area (Å²) in [7, 11) is 0. The highest BCUT2D eigenvalue weighted by Crippen LogP contribution is 2.15. The molecular formula is C12H20O4. The molecule has 0 amide bonds. The third-order valence-corrected chi connectivity index (χ3v) is 2.66. The monoisotopic (exact) mass is 228 g/mol. The Hall–Kier alpha value is -0.870. The van der Waals surface area contributed by atoms with Gasteiger partial charge in [0.2, 0.25) is 0 Å². The molecule has 0 fully saturated rings. The molecule has 0 saturated heterocycles. The Bertz CT molecular complexity index is 249. The third-order valence-electron chi connectivity index (χ3n) is 2.66. The second-order valence-corrected chi connectivity index (χ2v) is 4.16. The normalized spacial score (nSPS) is 34.2. The zero-order valence-electron chi connectivity index (χ0n) is 9.63. The van der Waals surface area contributed by atoms with Gasteiger partial charge < -0.3 is 14.9 Å². The average Bonchev–Trinajstić information content (AvgIpc) is 2.23. The number of esters is 1. The van der Waals surface area contributed by atoms with Crippen LogP contribution in [0.3, 0.4) is 0 Å². The van der Waals surface area contributed by atoms with Crippen molar-refractivity contribution in [1.82, 2.24) is 0 Å². The lowest BCUT2D eigenvalue weighted by Crippen LogP contribution is -2.31. The van der Waals surface area contributed by atoms with Crippen molar-refractivity contribution in [3.05, 3.63) is 12.2 Å². The van der Waals surface area contributed by atoms with Gasteiger partial charge >= 0.3 is 5.97 Å². The summed E-state index contributed by atoms with van der Waals surface area (Å²) in [5, 5.41) is 19.3. The zero-order chi connectivity index (χ0) is 12.0. The van der Waals surface area contributed by atoms with E-state index < -0.39 is 12.2 Å².